The summed E-state index contributed by atoms with van der Waals surface area (Å²) >= 11 is 0. The lowest BCUT2D eigenvalue weighted by Gasteiger charge is -1.94. The van der Waals surface area contributed by atoms with Gasteiger partial charge < -0.3 is 0 Å². The molecule has 0 saturated carbocycles. The van der Waals surface area contributed by atoms with Crippen LogP contribution in [0.1, 0.15) is 25.5 Å². The maximum Gasteiger partial charge on any atom is 0.271 e. The van der Waals surface area contributed by atoms with E-state index in [-0.39, 0.29) is 0 Å². The second-order valence-corrected chi connectivity index (χ2v) is 2.79. The van der Waals surface area contributed by atoms with E-state index in [1.165, 1.54) is 0 Å². The summed E-state index contributed by atoms with van der Waals surface area (Å²) in [4.78, 5) is 4.23. The van der Waals surface area contributed by atoms with Gasteiger partial charge in [0.15, 0.2) is 0 Å². The molecule has 0 saturated heterocycles. The van der Waals surface area contributed by atoms with E-state index in [2.05, 4.69) is 34.4 Å². The summed E-state index contributed by atoms with van der Waals surface area (Å²) in [6.45, 7) is 4.18. The quantitative estimate of drug-likeness (QED) is 0.648. The van der Waals surface area contributed by atoms with Crippen LogP contribution in [-0.4, -0.2) is 25.0 Å². The van der Waals surface area contributed by atoms with Crippen LogP contribution < -0.4 is 0 Å². The van der Waals surface area contributed by atoms with E-state index in [1.807, 2.05) is 6.20 Å². The van der Waals surface area contributed by atoms with Crippen molar-refractivity contribution in [2.75, 3.05) is 0 Å². The fourth-order valence-corrected chi connectivity index (χ4v) is 0.926. The average Bonchev–Trinajstić information content (AvgIpc) is 2.40. The van der Waals surface area contributed by atoms with Crippen LogP contribution in [0.15, 0.2) is 6.20 Å². The molecule has 0 radical (unpaired) electrons. The largest absolute Gasteiger partial charge is 0.271 e. The zero-order chi connectivity index (χ0) is 7.84. The molecule has 0 spiro atoms. The average molecular weight is 151 g/mol. The summed E-state index contributed by atoms with van der Waals surface area (Å²) in [6, 6.07) is 0. The third-order valence-corrected chi connectivity index (χ3v) is 1.59. The fourth-order valence-electron chi connectivity index (χ4n) is 0.926. The Kier molecular flexibility index (Phi) is 1.18. The number of hydrogen-bond donors (Lipinski definition) is 1. The standard InChI is InChI=1S/C6H9N5/c1-4(2)5-3-11-6(7-5)8-9-10-11/h3-4H,1-2H3,(H,7,8,10). The van der Waals surface area contributed by atoms with Crippen LogP contribution in [0.2, 0.25) is 0 Å². The van der Waals surface area contributed by atoms with Gasteiger partial charge in [-0.05, 0) is 11.1 Å². The zero-order valence-electron chi connectivity index (χ0n) is 6.44. The topological polar surface area (TPSA) is 58.9 Å². The Morgan fingerprint density at radius 3 is 3.00 bits per heavy atom. The van der Waals surface area contributed by atoms with Gasteiger partial charge in [0.05, 0.1) is 11.9 Å². The minimum atomic E-state index is 0.435. The number of nitrogens with zero attached hydrogens (tertiary/aromatic N) is 4. The number of H-pyrrole nitrogens is 1. The Hall–Kier alpha value is -1.39. The summed E-state index contributed by atoms with van der Waals surface area (Å²) in [7, 11) is 0. The number of fused-ring (bicyclic) bond motifs is 1. The molecule has 0 unspecified atom stereocenters. The molecule has 5 heteroatoms. The minimum Gasteiger partial charge on any atom is -0.213 e. The minimum absolute atomic E-state index is 0.435. The number of imidazole rings is 1. The molecule has 2 rings (SSSR count). The SMILES string of the molecule is CC(C)c1cn2[nH]nnc2n1. The number of hydrogen-bond acceptors (Lipinski definition) is 3. The lowest BCUT2D eigenvalue weighted by Crippen LogP contribution is -1.86. The van der Waals surface area contributed by atoms with Crippen molar-refractivity contribution in [1.82, 2.24) is 25.0 Å². The van der Waals surface area contributed by atoms with Gasteiger partial charge in [0.2, 0.25) is 0 Å². The molecule has 0 aliphatic rings. The number of nitrogens with one attached hydrogen (secondary N) is 1. The number of aromatic amines is 1. The van der Waals surface area contributed by atoms with Gasteiger partial charge in [-0.3, -0.25) is 0 Å². The van der Waals surface area contributed by atoms with Crippen molar-refractivity contribution in [3.63, 3.8) is 0 Å². The van der Waals surface area contributed by atoms with Gasteiger partial charge in [-0.1, -0.05) is 18.9 Å². The number of aromatic nitrogens is 5. The highest BCUT2D eigenvalue weighted by Gasteiger charge is 2.06. The highest BCUT2D eigenvalue weighted by molar-refractivity contribution is 5.27. The van der Waals surface area contributed by atoms with E-state index < -0.39 is 0 Å². The van der Waals surface area contributed by atoms with E-state index in [1.54, 1.807) is 4.52 Å². The van der Waals surface area contributed by atoms with Gasteiger partial charge in [0.25, 0.3) is 5.78 Å². The van der Waals surface area contributed by atoms with Crippen LogP contribution >= 0.6 is 0 Å². The number of rotatable bonds is 1. The molecule has 0 bridgehead atoms. The van der Waals surface area contributed by atoms with E-state index in [0.717, 1.165) is 5.69 Å². The van der Waals surface area contributed by atoms with Crippen molar-refractivity contribution in [2.24, 2.45) is 0 Å². The van der Waals surface area contributed by atoms with Gasteiger partial charge in [-0.2, -0.15) is 5.21 Å². The van der Waals surface area contributed by atoms with Crippen molar-refractivity contribution in [1.29, 1.82) is 0 Å². The smallest absolute Gasteiger partial charge is 0.213 e. The van der Waals surface area contributed by atoms with Crippen molar-refractivity contribution in [3.8, 4) is 0 Å². The molecule has 5 nitrogen and oxygen atoms in total. The Balaban J connectivity index is 2.58. The molecule has 2 aromatic rings. The molecule has 1 N–H and O–H groups in total. The molecule has 11 heavy (non-hydrogen) atoms. The molecule has 0 fully saturated rings. The Morgan fingerprint density at radius 2 is 2.36 bits per heavy atom. The first-order chi connectivity index (χ1) is 5.27. The molecule has 0 aliphatic carbocycles. The van der Waals surface area contributed by atoms with Crippen LogP contribution in [0, 0.1) is 0 Å². The summed E-state index contributed by atoms with van der Waals surface area (Å²) in [5.74, 6) is 1.07. The van der Waals surface area contributed by atoms with Crippen LogP contribution in [0.5, 0.6) is 0 Å². The van der Waals surface area contributed by atoms with Gasteiger partial charge in [0.1, 0.15) is 0 Å². The Bertz CT molecular complexity index is 329. The van der Waals surface area contributed by atoms with Crippen LogP contribution in [0.4, 0.5) is 0 Å². The lowest BCUT2D eigenvalue weighted by atomic mass is 10.2. The van der Waals surface area contributed by atoms with E-state index >= 15 is 0 Å². The zero-order valence-corrected chi connectivity index (χ0v) is 6.44. The molecular weight excluding hydrogens is 142 g/mol. The van der Waals surface area contributed by atoms with Crippen molar-refractivity contribution in [2.45, 2.75) is 19.8 Å². The lowest BCUT2D eigenvalue weighted by molar-refractivity contribution is 0.795. The Labute approximate surface area is 63.4 Å². The third kappa shape index (κ3) is 0.886. The monoisotopic (exact) mass is 151 g/mol. The second-order valence-electron chi connectivity index (χ2n) is 2.79. The maximum atomic E-state index is 4.23. The molecule has 0 atom stereocenters. The van der Waals surface area contributed by atoms with Crippen LogP contribution in [-0.2, 0) is 0 Å². The molecule has 2 aromatic heterocycles. The van der Waals surface area contributed by atoms with Gasteiger partial charge in [-0.15, -0.1) is 0 Å². The highest BCUT2D eigenvalue weighted by Crippen LogP contribution is 2.11. The summed E-state index contributed by atoms with van der Waals surface area (Å²) < 4.78 is 1.70. The van der Waals surface area contributed by atoms with Crippen molar-refractivity contribution >= 4 is 5.78 Å². The first-order valence-electron chi connectivity index (χ1n) is 3.53. The van der Waals surface area contributed by atoms with Gasteiger partial charge in [-0.25, -0.2) is 9.50 Å². The van der Waals surface area contributed by atoms with E-state index in [0.29, 0.717) is 11.7 Å². The van der Waals surface area contributed by atoms with E-state index in [4.69, 9.17) is 0 Å². The molecule has 58 valence electrons. The van der Waals surface area contributed by atoms with Crippen LogP contribution in [0.3, 0.4) is 0 Å². The normalized spacial score (nSPS) is 11.5. The Morgan fingerprint density at radius 1 is 1.55 bits per heavy atom. The van der Waals surface area contributed by atoms with Gasteiger partial charge >= 0.3 is 0 Å². The van der Waals surface area contributed by atoms with Crippen molar-refractivity contribution < 1.29 is 0 Å². The van der Waals surface area contributed by atoms with Gasteiger partial charge in [0, 0.05) is 0 Å². The van der Waals surface area contributed by atoms with Crippen LogP contribution in [0.25, 0.3) is 5.78 Å². The third-order valence-electron chi connectivity index (χ3n) is 1.59. The van der Waals surface area contributed by atoms with E-state index in [9.17, 15) is 0 Å². The van der Waals surface area contributed by atoms with Crippen molar-refractivity contribution in [3.05, 3.63) is 11.9 Å². The fraction of sp³-hybridized carbons (Fsp3) is 0.500. The summed E-state index contributed by atoms with van der Waals surface area (Å²) in [5.41, 5.74) is 1.03. The highest BCUT2D eigenvalue weighted by atomic mass is 15.5. The second kappa shape index (κ2) is 2.05. The molecular formula is C6H9N5. The first kappa shape index (κ1) is 6.33. The summed E-state index contributed by atoms with van der Waals surface area (Å²) in [5, 5.41) is 10.0. The predicted octanol–water partition coefficient (Wildman–Crippen LogP) is 0.576. The maximum absolute atomic E-state index is 4.23. The molecule has 0 aliphatic heterocycles. The predicted molar refractivity (Wildman–Crippen MR) is 39.2 cm³/mol. The summed E-state index contributed by atoms with van der Waals surface area (Å²) in [6.07, 6.45) is 1.90. The molecule has 0 amide bonds. The number of tetrazole rings is 1. The first-order valence-corrected chi connectivity index (χ1v) is 3.53. The molecule has 0 aromatic carbocycles. The molecule has 2 heterocycles.